The van der Waals surface area contributed by atoms with E-state index in [0.717, 1.165) is 26.9 Å². The van der Waals surface area contributed by atoms with Gasteiger partial charge in [-0.05, 0) is 48.7 Å². The lowest BCUT2D eigenvalue weighted by Crippen LogP contribution is -2.34. The zero-order valence-electron chi connectivity index (χ0n) is 17.4. The van der Waals surface area contributed by atoms with Gasteiger partial charge in [0.2, 0.25) is 5.78 Å². The second kappa shape index (κ2) is 7.98. The number of ether oxygens (including phenoxy) is 2. The SMILES string of the molecule is Cc1cc2c(c3c1C(=O)/C(=C/c1ccccc1Br)O3)CN(C(C)c1ccccc1)CO2. The Labute approximate surface area is 190 Å². The number of carbonyl (C=O) groups is 1. The van der Waals surface area contributed by atoms with Gasteiger partial charge < -0.3 is 9.47 Å². The molecule has 3 aromatic carbocycles. The standard InChI is InChI=1S/C26H22BrNO3/c1-16-12-22-20(14-28(15-30-22)17(2)18-8-4-3-5-9-18)26-24(16)25(29)23(31-26)13-19-10-6-7-11-21(19)27/h3-13,17H,14-15H2,1-2H3/b23-13-. The summed E-state index contributed by atoms with van der Waals surface area (Å²) in [6.07, 6.45) is 1.80. The molecule has 0 aromatic heterocycles. The summed E-state index contributed by atoms with van der Waals surface area (Å²) in [6, 6.07) is 20.3. The summed E-state index contributed by atoms with van der Waals surface area (Å²) < 4.78 is 13.2. The second-order valence-electron chi connectivity index (χ2n) is 7.94. The minimum Gasteiger partial charge on any atom is -0.478 e. The van der Waals surface area contributed by atoms with Crippen LogP contribution in [0.25, 0.3) is 6.08 Å². The summed E-state index contributed by atoms with van der Waals surface area (Å²) in [5, 5.41) is 0. The predicted molar refractivity (Wildman–Crippen MR) is 124 cm³/mol. The first kappa shape index (κ1) is 20.0. The Morgan fingerprint density at radius 2 is 1.84 bits per heavy atom. The molecule has 4 nitrogen and oxygen atoms in total. The number of carbonyl (C=O) groups excluding carboxylic acids is 1. The highest BCUT2D eigenvalue weighted by molar-refractivity contribution is 9.10. The van der Waals surface area contributed by atoms with Gasteiger partial charge in [0, 0.05) is 17.1 Å². The largest absolute Gasteiger partial charge is 0.478 e. The molecule has 0 saturated carbocycles. The van der Waals surface area contributed by atoms with E-state index >= 15 is 0 Å². The lowest BCUT2D eigenvalue weighted by Gasteiger charge is -2.34. The van der Waals surface area contributed by atoms with Crippen LogP contribution in [0.1, 0.15) is 45.6 Å². The van der Waals surface area contributed by atoms with E-state index in [0.29, 0.717) is 30.3 Å². The Hall–Kier alpha value is -2.89. The Bertz CT molecular complexity index is 1200. The van der Waals surface area contributed by atoms with E-state index in [1.165, 1.54) is 5.56 Å². The Kier molecular flexibility index (Phi) is 5.16. The van der Waals surface area contributed by atoms with Crippen molar-refractivity contribution in [2.75, 3.05) is 6.73 Å². The first-order valence-corrected chi connectivity index (χ1v) is 11.1. The van der Waals surface area contributed by atoms with E-state index in [9.17, 15) is 4.79 Å². The van der Waals surface area contributed by atoms with Crippen LogP contribution < -0.4 is 9.47 Å². The summed E-state index contributed by atoms with van der Waals surface area (Å²) in [6.45, 7) is 5.25. The lowest BCUT2D eigenvalue weighted by atomic mass is 9.98. The van der Waals surface area contributed by atoms with Gasteiger partial charge in [0.25, 0.3) is 0 Å². The Balaban J connectivity index is 1.51. The monoisotopic (exact) mass is 475 g/mol. The molecule has 2 aliphatic rings. The van der Waals surface area contributed by atoms with Gasteiger partial charge in [0.05, 0.1) is 11.1 Å². The molecule has 0 N–H and O–H groups in total. The molecule has 0 spiro atoms. The van der Waals surface area contributed by atoms with Crippen molar-refractivity contribution in [3.8, 4) is 11.5 Å². The summed E-state index contributed by atoms with van der Waals surface area (Å²) in [5.74, 6) is 1.68. The van der Waals surface area contributed by atoms with Gasteiger partial charge in [0.1, 0.15) is 18.2 Å². The summed E-state index contributed by atoms with van der Waals surface area (Å²) in [7, 11) is 0. The smallest absolute Gasteiger partial charge is 0.232 e. The maximum Gasteiger partial charge on any atom is 0.232 e. The van der Waals surface area contributed by atoms with Gasteiger partial charge in [-0.2, -0.15) is 0 Å². The quantitative estimate of drug-likeness (QED) is 0.417. The molecule has 1 unspecified atom stereocenters. The number of nitrogens with zero attached hydrogens (tertiary/aromatic N) is 1. The molecule has 5 rings (SSSR count). The number of fused-ring (bicyclic) bond motifs is 3. The van der Waals surface area contributed by atoms with Gasteiger partial charge in [-0.15, -0.1) is 0 Å². The highest BCUT2D eigenvalue weighted by Crippen LogP contribution is 2.45. The van der Waals surface area contributed by atoms with Crippen molar-refractivity contribution in [1.82, 2.24) is 4.90 Å². The number of rotatable bonds is 3. The molecule has 2 heterocycles. The number of Topliss-reactive ketones (excluding diaryl/α,β-unsaturated/α-hetero) is 1. The van der Waals surface area contributed by atoms with Crippen LogP contribution in [0.3, 0.4) is 0 Å². The first-order chi connectivity index (χ1) is 15.0. The van der Waals surface area contributed by atoms with Crippen LogP contribution in [-0.2, 0) is 6.54 Å². The van der Waals surface area contributed by atoms with E-state index in [-0.39, 0.29) is 11.8 Å². The number of hydrogen-bond donors (Lipinski definition) is 0. The summed E-state index contributed by atoms with van der Waals surface area (Å²) in [4.78, 5) is 15.4. The minimum atomic E-state index is -0.0840. The van der Waals surface area contributed by atoms with Crippen molar-refractivity contribution in [2.24, 2.45) is 0 Å². The van der Waals surface area contributed by atoms with Crippen LogP contribution in [0.15, 0.2) is 70.9 Å². The van der Waals surface area contributed by atoms with Gasteiger partial charge in [-0.1, -0.05) is 64.5 Å². The van der Waals surface area contributed by atoms with E-state index in [1.807, 2.05) is 55.5 Å². The maximum absolute atomic E-state index is 13.2. The molecular formula is C26H22BrNO3. The third-order valence-electron chi connectivity index (χ3n) is 5.97. The van der Waals surface area contributed by atoms with Crippen LogP contribution in [0, 0.1) is 6.92 Å². The molecule has 2 aliphatic heterocycles. The van der Waals surface area contributed by atoms with Gasteiger partial charge >= 0.3 is 0 Å². The van der Waals surface area contributed by atoms with Crippen molar-refractivity contribution < 1.29 is 14.3 Å². The molecule has 0 bridgehead atoms. The summed E-state index contributed by atoms with van der Waals surface area (Å²) >= 11 is 3.54. The summed E-state index contributed by atoms with van der Waals surface area (Å²) in [5.41, 5.74) is 4.57. The van der Waals surface area contributed by atoms with Crippen molar-refractivity contribution >= 4 is 27.8 Å². The maximum atomic E-state index is 13.2. The fourth-order valence-electron chi connectivity index (χ4n) is 4.17. The average molecular weight is 476 g/mol. The highest BCUT2D eigenvalue weighted by Gasteiger charge is 2.36. The highest BCUT2D eigenvalue weighted by atomic mass is 79.9. The molecule has 0 amide bonds. The number of benzene rings is 3. The van der Waals surface area contributed by atoms with Crippen molar-refractivity contribution in [3.63, 3.8) is 0 Å². The van der Waals surface area contributed by atoms with Crippen LogP contribution >= 0.6 is 15.9 Å². The minimum absolute atomic E-state index is 0.0840. The zero-order valence-corrected chi connectivity index (χ0v) is 19.0. The number of aryl methyl sites for hydroxylation is 1. The van der Waals surface area contributed by atoms with E-state index in [4.69, 9.17) is 9.47 Å². The molecular weight excluding hydrogens is 454 g/mol. The molecule has 3 aromatic rings. The van der Waals surface area contributed by atoms with E-state index in [2.05, 4.69) is 39.9 Å². The second-order valence-corrected chi connectivity index (χ2v) is 8.80. The molecule has 0 saturated heterocycles. The average Bonchev–Trinajstić information content (AvgIpc) is 3.12. The number of allylic oxidation sites excluding steroid dienone is 1. The van der Waals surface area contributed by atoms with Crippen molar-refractivity contribution in [2.45, 2.75) is 26.4 Å². The topological polar surface area (TPSA) is 38.8 Å². The number of hydrogen-bond acceptors (Lipinski definition) is 4. The van der Waals surface area contributed by atoms with Gasteiger partial charge in [-0.25, -0.2) is 0 Å². The molecule has 1 atom stereocenters. The normalized spacial score (nSPS) is 17.6. The van der Waals surface area contributed by atoms with E-state index in [1.54, 1.807) is 6.08 Å². The van der Waals surface area contributed by atoms with Crippen LogP contribution in [0.2, 0.25) is 0 Å². The fraction of sp³-hybridized carbons (Fsp3) is 0.192. The molecule has 0 fully saturated rings. The molecule has 156 valence electrons. The molecule has 5 heteroatoms. The van der Waals surface area contributed by atoms with Crippen LogP contribution in [0.5, 0.6) is 11.5 Å². The fourth-order valence-corrected chi connectivity index (χ4v) is 4.57. The van der Waals surface area contributed by atoms with Gasteiger partial charge in [0.15, 0.2) is 5.76 Å². The molecule has 31 heavy (non-hydrogen) atoms. The lowest BCUT2D eigenvalue weighted by molar-refractivity contribution is 0.0605. The molecule has 0 radical (unpaired) electrons. The number of ketones is 1. The first-order valence-electron chi connectivity index (χ1n) is 10.3. The number of halogens is 1. The third-order valence-corrected chi connectivity index (χ3v) is 6.69. The Morgan fingerprint density at radius 1 is 1.10 bits per heavy atom. The van der Waals surface area contributed by atoms with Crippen molar-refractivity contribution in [1.29, 1.82) is 0 Å². The zero-order chi connectivity index (χ0) is 21.5. The van der Waals surface area contributed by atoms with Crippen LogP contribution in [-0.4, -0.2) is 17.4 Å². The predicted octanol–water partition coefficient (Wildman–Crippen LogP) is 6.29. The molecule has 0 aliphatic carbocycles. The van der Waals surface area contributed by atoms with E-state index < -0.39 is 0 Å². The Morgan fingerprint density at radius 3 is 2.61 bits per heavy atom. The van der Waals surface area contributed by atoms with Gasteiger partial charge in [-0.3, -0.25) is 9.69 Å². The third kappa shape index (κ3) is 3.58. The van der Waals surface area contributed by atoms with Crippen molar-refractivity contribution in [3.05, 3.63) is 98.7 Å². The van der Waals surface area contributed by atoms with Crippen LogP contribution in [0.4, 0.5) is 0 Å².